The zero-order chi connectivity index (χ0) is 29.8. The van der Waals surface area contributed by atoms with Gasteiger partial charge in [-0.05, 0) is 90.3 Å². The highest BCUT2D eigenvalue weighted by Crippen LogP contribution is 2.54. The summed E-state index contributed by atoms with van der Waals surface area (Å²) in [6, 6.07) is 30.4. The molecule has 1 saturated carbocycles. The zero-order valence-corrected chi connectivity index (χ0v) is 27.0. The maximum atomic E-state index is 6.29. The zero-order valence-electron chi connectivity index (χ0n) is 25.2. The first-order chi connectivity index (χ1) is 20.7. The van der Waals surface area contributed by atoms with Crippen molar-refractivity contribution >= 4 is 36.6 Å². The van der Waals surface area contributed by atoms with Gasteiger partial charge in [-0.3, -0.25) is 0 Å². The SMILES string of the molecule is CC1CC(C)(C)CC(c2ccc3c(c2)CN(c2ccccc2S)CO3)(c2ccc3c(c2)CN(c2ccccc2S)CO3)C1. The van der Waals surface area contributed by atoms with E-state index in [4.69, 9.17) is 34.7 Å². The van der Waals surface area contributed by atoms with Gasteiger partial charge in [-0.15, -0.1) is 25.3 Å². The number of ether oxygens (including phenoxy) is 2. The third-order valence-corrected chi connectivity index (χ3v) is 10.3. The molecule has 0 N–H and O–H groups in total. The van der Waals surface area contributed by atoms with Gasteiger partial charge < -0.3 is 19.3 Å². The first-order valence-electron chi connectivity index (χ1n) is 15.3. The van der Waals surface area contributed by atoms with Crippen molar-refractivity contribution in [1.82, 2.24) is 0 Å². The Hall–Kier alpha value is -3.22. The van der Waals surface area contributed by atoms with Gasteiger partial charge in [0.15, 0.2) is 13.5 Å². The molecule has 0 amide bonds. The van der Waals surface area contributed by atoms with Crippen molar-refractivity contribution in [3.05, 3.63) is 107 Å². The molecule has 0 radical (unpaired) electrons. The number of para-hydroxylation sites is 2. The first kappa shape index (κ1) is 28.5. The van der Waals surface area contributed by atoms with E-state index in [0.29, 0.717) is 19.4 Å². The highest BCUT2D eigenvalue weighted by Gasteiger charge is 2.46. The lowest BCUT2D eigenvalue weighted by atomic mass is 9.55. The predicted octanol–water partition coefficient (Wildman–Crippen LogP) is 9.11. The molecule has 0 aromatic heterocycles. The van der Waals surface area contributed by atoms with Crippen molar-refractivity contribution in [2.75, 3.05) is 23.3 Å². The van der Waals surface area contributed by atoms with Gasteiger partial charge in [0.05, 0.1) is 11.4 Å². The number of fused-ring (bicyclic) bond motifs is 2. The Kier molecular flexibility index (Phi) is 7.33. The van der Waals surface area contributed by atoms with E-state index >= 15 is 0 Å². The highest BCUT2D eigenvalue weighted by molar-refractivity contribution is 7.80. The van der Waals surface area contributed by atoms with Gasteiger partial charge in [0, 0.05) is 39.4 Å². The van der Waals surface area contributed by atoms with E-state index in [-0.39, 0.29) is 10.8 Å². The quantitative estimate of drug-likeness (QED) is 0.226. The van der Waals surface area contributed by atoms with Crippen LogP contribution >= 0.6 is 25.3 Å². The van der Waals surface area contributed by atoms with Crippen LogP contribution in [0.3, 0.4) is 0 Å². The second-order valence-electron chi connectivity index (χ2n) is 13.5. The summed E-state index contributed by atoms with van der Waals surface area (Å²) >= 11 is 9.46. The average Bonchev–Trinajstić information content (AvgIpc) is 2.99. The Morgan fingerprint density at radius 1 is 0.674 bits per heavy atom. The largest absolute Gasteiger partial charge is 0.473 e. The molecule has 4 nitrogen and oxygen atoms in total. The van der Waals surface area contributed by atoms with Gasteiger partial charge >= 0.3 is 0 Å². The van der Waals surface area contributed by atoms with Crippen LogP contribution in [0, 0.1) is 11.3 Å². The number of hydrogen-bond acceptors (Lipinski definition) is 6. The molecule has 7 rings (SSSR count). The molecule has 0 bridgehead atoms. The van der Waals surface area contributed by atoms with E-state index in [1.54, 1.807) is 0 Å². The van der Waals surface area contributed by atoms with Crippen molar-refractivity contribution in [2.45, 2.75) is 68.3 Å². The van der Waals surface area contributed by atoms with Gasteiger partial charge in [0.25, 0.3) is 0 Å². The number of benzene rings is 4. The number of nitrogens with zero attached hydrogens (tertiary/aromatic N) is 2. The lowest BCUT2D eigenvalue weighted by Crippen LogP contribution is -2.41. The third-order valence-electron chi connectivity index (χ3n) is 9.52. The summed E-state index contributed by atoms with van der Waals surface area (Å²) in [6.07, 6.45) is 3.44. The third kappa shape index (κ3) is 5.38. The number of thiol groups is 2. The second kappa shape index (κ2) is 11.0. The minimum absolute atomic E-state index is 0.112. The summed E-state index contributed by atoms with van der Waals surface area (Å²) < 4.78 is 12.6. The van der Waals surface area contributed by atoms with Crippen LogP contribution in [-0.4, -0.2) is 13.5 Å². The molecule has 4 aromatic rings. The van der Waals surface area contributed by atoms with Crippen molar-refractivity contribution in [1.29, 1.82) is 0 Å². The Labute approximate surface area is 266 Å². The Bertz CT molecular complexity index is 1560. The molecule has 1 unspecified atom stereocenters. The minimum atomic E-state index is -0.112. The summed E-state index contributed by atoms with van der Waals surface area (Å²) in [5, 5.41) is 0. The van der Waals surface area contributed by atoms with Crippen LogP contribution in [0.2, 0.25) is 0 Å². The fraction of sp³-hybridized carbons (Fsp3) is 0.351. The second-order valence-corrected chi connectivity index (χ2v) is 14.5. The van der Waals surface area contributed by atoms with Crippen LogP contribution in [0.4, 0.5) is 11.4 Å². The van der Waals surface area contributed by atoms with Gasteiger partial charge in [0.1, 0.15) is 11.5 Å². The van der Waals surface area contributed by atoms with E-state index in [2.05, 4.69) is 91.2 Å². The van der Waals surface area contributed by atoms with E-state index in [1.165, 1.54) is 28.7 Å². The summed E-state index contributed by atoms with van der Waals surface area (Å²) in [7, 11) is 0. The van der Waals surface area contributed by atoms with E-state index in [0.717, 1.165) is 58.6 Å². The van der Waals surface area contributed by atoms with Crippen molar-refractivity contribution in [3.8, 4) is 11.5 Å². The van der Waals surface area contributed by atoms with E-state index < -0.39 is 0 Å². The molecular formula is C37H40N2O2S2. The molecule has 6 heteroatoms. The Morgan fingerprint density at radius 3 is 1.63 bits per heavy atom. The van der Waals surface area contributed by atoms with Crippen molar-refractivity contribution in [3.63, 3.8) is 0 Å². The fourth-order valence-electron chi connectivity index (χ4n) is 8.03. The maximum absolute atomic E-state index is 6.29. The van der Waals surface area contributed by atoms with Gasteiger partial charge in [-0.25, -0.2) is 0 Å². The van der Waals surface area contributed by atoms with Crippen molar-refractivity contribution < 1.29 is 9.47 Å². The van der Waals surface area contributed by atoms with E-state index in [1.807, 2.05) is 24.3 Å². The molecule has 1 fully saturated rings. The van der Waals surface area contributed by atoms with Crippen LogP contribution in [0.15, 0.2) is 94.7 Å². The fourth-order valence-corrected chi connectivity index (χ4v) is 8.64. The van der Waals surface area contributed by atoms with Gasteiger partial charge in [-0.2, -0.15) is 0 Å². The van der Waals surface area contributed by atoms with Crippen LogP contribution < -0.4 is 19.3 Å². The monoisotopic (exact) mass is 608 g/mol. The molecule has 222 valence electrons. The molecule has 1 aliphatic carbocycles. The molecule has 0 saturated heterocycles. The first-order valence-corrected chi connectivity index (χ1v) is 16.2. The average molecular weight is 609 g/mol. The smallest absolute Gasteiger partial charge is 0.161 e. The molecule has 0 spiro atoms. The standard InChI is InChI=1S/C37H40N2O2S2/c1-25-18-36(2,3)22-37(19-25,28-12-14-32-26(16-28)20-38(23-40-32)30-8-4-6-10-34(30)42)29-13-15-33-27(17-29)21-39(24-41-33)31-9-5-7-11-35(31)43/h4-17,25,42-43H,18-24H2,1-3H3. The molecular weight excluding hydrogens is 569 g/mol. The summed E-state index contributed by atoms with van der Waals surface area (Å²) in [6.45, 7) is 9.95. The summed E-state index contributed by atoms with van der Waals surface area (Å²) in [4.78, 5) is 6.49. The van der Waals surface area contributed by atoms with Crippen LogP contribution in [0.25, 0.3) is 0 Å². The molecule has 2 aliphatic heterocycles. The molecule has 43 heavy (non-hydrogen) atoms. The number of rotatable bonds is 4. The van der Waals surface area contributed by atoms with Crippen LogP contribution in [0.5, 0.6) is 11.5 Å². The number of hydrogen-bond donors (Lipinski definition) is 2. The Balaban J connectivity index is 1.29. The topological polar surface area (TPSA) is 24.9 Å². The van der Waals surface area contributed by atoms with E-state index in [9.17, 15) is 0 Å². The lowest BCUT2D eigenvalue weighted by Gasteiger charge is -2.49. The molecule has 1 atom stereocenters. The molecule has 3 aliphatic rings. The van der Waals surface area contributed by atoms with Crippen LogP contribution in [-0.2, 0) is 18.5 Å². The summed E-state index contributed by atoms with van der Waals surface area (Å²) in [5.41, 5.74) is 7.53. The lowest BCUT2D eigenvalue weighted by molar-refractivity contribution is 0.126. The highest BCUT2D eigenvalue weighted by atomic mass is 32.1. The normalized spacial score (nSPS) is 20.4. The van der Waals surface area contributed by atoms with Gasteiger partial charge in [-0.1, -0.05) is 57.2 Å². The molecule has 2 heterocycles. The van der Waals surface area contributed by atoms with Crippen LogP contribution in [0.1, 0.15) is 62.3 Å². The number of anilines is 2. The Morgan fingerprint density at radius 2 is 1.16 bits per heavy atom. The van der Waals surface area contributed by atoms with Crippen molar-refractivity contribution in [2.24, 2.45) is 11.3 Å². The van der Waals surface area contributed by atoms with Gasteiger partial charge in [0.2, 0.25) is 0 Å². The molecule has 4 aromatic carbocycles. The predicted molar refractivity (Wildman–Crippen MR) is 181 cm³/mol. The minimum Gasteiger partial charge on any atom is -0.473 e. The summed E-state index contributed by atoms with van der Waals surface area (Å²) in [5.74, 6) is 2.56. The maximum Gasteiger partial charge on any atom is 0.161 e.